The highest BCUT2D eigenvalue weighted by Gasteiger charge is 2.36. The van der Waals surface area contributed by atoms with Crippen LogP contribution in [0.5, 0.6) is 0 Å². The van der Waals surface area contributed by atoms with Gasteiger partial charge in [-0.25, -0.2) is 9.78 Å². The van der Waals surface area contributed by atoms with E-state index in [0.29, 0.717) is 12.2 Å². The molecule has 0 saturated heterocycles. The van der Waals surface area contributed by atoms with Crippen LogP contribution in [0.15, 0.2) is 12.1 Å². The molecule has 0 aliphatic heterocycles. The first-order valence-corrected chi connectivity index (χ1v) is 6.22. The fraction of sp³-hybridized carbons (Fsp3) is 0.538. The molecule has 1 aliphatic carbocycles. The van der Waals surface area contributed by atoms with Crippen LogP contribution in [0.1, 0.15) is 42.2 Å². The summed E-state index contributed by atoms with van der Waals surface area (Å²) in [7, 11) is 0. The number of carboxylic acid groups (broad SMARTS) is 1. The van der Waals surface area contributed by atoms with Crippen LogP contribution in [0, 0.1) is 0 Å². The number of aromatic carboxylic acids is 1. The summed E-state index contributed by atoms with van der Waals surface area (Å²) in [6.45, 7) is 1.98. The largest absolute Gasteiger partial charge is 0.478 e. The number of carbonyl (C=O) groups is 1. The van der Waals surface area contributed by atoms with Crippen molar-refractivity contribution in [2.24, 2.45) is 0 Å². The number of anilines is 1. The van der Waals surface area contributed by atoms with E-state index < -0.39 is 5.97 Å². The van der Waals surface area contributed by atoms with E-state index in [2.05, 4.69) is 10.3 Å². The number of nitrogens with one attached hydrogen (secondary N) is 1. The van der Waals surface area contributed by atoms with Gasteiger partial charge in [-0.15, -0.1) is 0 Å². The molecule has 5 heteroatoms. The lowest BCUT2D eigenvalue weighted by Gasteiger charge is -2.41. The van der Waals surface area contributed by atoms with E-state index in [1.54, 1.807) is 6.07 Å². The maximum Gasteiger partial charge on any atom is 0.335 e. The highest BCUT2D eigenvalue weighted by molar-refractivity contribution is 5.88. The van der Waals surface area contributed by atoms with Gasteiger partial charge < -0.3 is 15.5 Å². The third-order valence-corrected chi connectivity index (χ3v) is 3.49. The van der Waals surface area contributed by atoms with Crippen molar-refractivity contribution in [3.63, 3.8) is 0 Å². The molecule has 0 amide bonds. The molecule has 3 N–H and O–H groups in total. The summed E-state index contributed by atoms with van der Waals surface area (Å²) in [6.07, 6.45) is 3.54. The Hall–Kier alpha value is -1.62. The van der Waals surface area contributed by atoms with Crippen molar-refractivity contribution in [2.75, 3.05) is 11.9 Å². The smallest absolute Gasteiger partial charge is 0.335 e. The molecule has 1 aromatic heterocycles. The van der Waals surface area contributed by atoms with E-state index >= 15 is 0 Å². The number of aryl methyl sites for hydroxylation is 1. The lowest BCUT2D eigenvalue weighted by Crippen LogP contribution is -2.48. The van der Waals surface area contributed by atoms with E-state index in [9.17, 15) is 9.90 Å². The van der Waals surface area contributed by atoms with Crippen LogP contribution in [-0.4, -0.2) is 33.3 Å². The number of hydrogen-bond donors (Lipinski definition) is 3. The van der Waals surface area contributed by atoms with Gasteiger partial charge in [0.05, 0.1) is 17.7 Å². The van der Waals surface area contributed by atoms with Crippen LogP contribution >= 0.6 is 0 Å². The molecular weight excluding hydrogens is 232 g/mol. The van der Waals surface area contributed by atoms with Crippen LogP contribution in [-0.2, 0) is 6.42 Å². The van der Waals surface area contributed by atoms with Crippen molar-refractivity contribution in [3.05, 3.63) is 23.4 Å². The maximum atomic E-state index is 11.0. The van der Waals surface area contributed by atoms with Crippen molar-refractivity contribution in [1.29, 1.82) is 0 Å². The molecule has 1 aliphatic rings. The Morgan fingerprint density at radius 1 is 1.50 bits per heavy atom. The lowest BCUT2D eigenvalue weighted by molar-refractivity contribution is 0.0696. The van der Waals surface area contributed by atoms with E-state index in [-0.39, 0.29) is 17.7 Å². The molecule has 0 radical (unpaired) electrons. The molecule has 0 atom stereocenters. The summed E-state index contributed by atoms with van der Waals surface area (Å²) < 4.78 is 0. The predicted octanol–water partition coefficient (Wildman–Crippen LogP) is 1.67. The Morgan fingerprint density at radius 2 is 2.22 bits per heavy atom. The Morgan fingerprint density at radius 3 is 2.67 bits per heavy atom. The molecule has 0 bridgehead atoms. The number of hydrogen-bond acceptors (Lipinski definition) is 4. The van der Waals surface area contributed by atoms with Crippen LogP contribution in [0.4, 0.5) is 5.82 Å². The minimum atomic E-state index is -0.957. The van der Waals surface area contributed by atoms with Crippen LogP contribution in [0.25, 0.3) is 0 Å². The van der Waals surface area contributed by atoms with Crippen LogP contribution in [0.2, 0.25) is 0 Å². The fourth-order valence-corrected chi connectivity index (χ4v) is 2.15. The second kappa shape index (κ2) is 4.94. The molecular formula is C13H18N2O3. The first kappa shape index (κ1) is 12.8. The summed E-state index contributed by atoms with van der Waals surface area (Å²) in [5.74, 6) is -0.415. The number of pyridine rings is 1. The van der Waals surface area contributed by atoms with Crippen LogP contribution < -0.4 is 5.32 Å². The third kappa shape index (κ3) is 2.46. The fourth-order valence-electron chi connectivity index (χ4n) is 2.15. The van der Waals surface area contributed by atoms with Gasteiger partial charge >= 0.3 is 5.97 Å². The van der Waals surface area contributed by atoms with Crippen molar-refractivity contribution >= 4 is 11.8 Å². The molecule has 0 unspecified atom stereocenters. The zero-order chi connectivity index (χ0) is 13.2. The Labute approximate surface area is 106 Å². The highest BCUT2D eigenvalue weighted by atomic mass is 16.4. The maximum absolute atomic E-state index is 11.0. The van der Waals surface area contributed by atoms with E-state index in [0.717, 1.165) is 25.0 Å². The molecule has 5 nitrogen and oxygen atoms in total. The van der Waals surface area contributed by atoms with Gasteiger partial charge in [0, 0.05) is 5.69 Å². The van der Waals surface area contributed by atoms with Gasteiger partial charge in [0.2, 0.25) is 0 Å². The van der Waals surface area contributed by atoms with E-state index in [4.69, 9.17) is 5.11 Å². The van der Waals surface area contributed by atoms with E-state index in [1.165, 1.54) is 6.07 Å². The van der Waals surface area contributed by atoms with Crippen molar-refractivity contribution in [2.45, 2.75) is 38.1 Å². The SMILES string of the molecule is CCc1cc(C(=O)O)cc(NC2(CO)CCC2)n1. The van der Waals surface area contributed by atoms with Gasteiger partial charge in [0.15, 0.2) is 0 Å². The summed E-state index contributed by atoms with van der Waals surface area (Å²) >= 11 is 0. The summed E-state index contributed by atoms with van der Waals surface area (Å²) in [5, 5.41) is 21.6. The monoisotopic (exact) mass is 250 g/mol. The molecule has 98 valence electrons. The minimum absolute atomic E-state index is 0.0490. The van der Waals surface area contributed by atoms with Crippen molar-refractivity contribution in [3.8, 4) is 0 Å². The number of carboxylic acids is 1. The normalized spacial score (nSPS) is 17.0. The third-order valence-electron chi connectivity index (χ3n) is 3.49. The summed E-state index contributed by atoms with van der Waals surface area (Å²) in [4.78, 5) is 15.4. The first-order valence-electron chi connectivity index (χ1n) is 6.22. The molecule has 1 saturated carbocycles. The minimum Gasteiger partial charge on any atom is -0.478 e. The molecule has 0 aromatic carbocycles. The van der Waals surface area contributed by atoms with Crippen molar-refractivity contribution in [1.82, 2.24) is 4.98 Å². The number of aliphatic hydroxyl groups excluding tert-OH is 1. The first-order chi connectivity index (χ1) is 8.58. The van der Waals surface area contributed by atoms with Gasteiger partial charge in [-0.05, 0) is 37.8 Å². The van der Waals surface area contributed by atoms with Crippen molar-refractivity contribution < 1.29 is 15.0 Å². The molecule has 1 fully saturated rings. The summed E-state index contributed by atoms with van der Waals surface area (Å²) in [5.41, 5.74) is 0.663. The average Bonchev–Trinajstić information content (AvgIpc) is 2.33. The highest BCUT2D eigenvalue weighted by Crippen LogP contribution is 2.34. The van der Waals surface area contributed by atoms with Crippen LogP contribution in [0.3, 0.4) is 0 Å². The Kier molecular flexibility index (Phi) is 3.52. The summed E-state index contributed by atoms with van der Waals surface area (Å²) in [6, 6.07) is 3.11. The van der Waals surface area contributed by atoms with Gasteiger partial charge in [0.1, 0.15) is 5.82 Å². The quantitative estimate of drug-likeness (QED) is 0.740. The molecule has 18 heavy (non-hydrogen) atoms. The second-order valence-electron chi connectivity index (χ2n) is 4.81. The number of aliphatic hydroxyl groups is 1. The molecule has 2 rings (SSSR count). The van der Waals surface area contributed by atoms with Gasteiger partial charge in [-0.1, -0.05) is 6.92 Å². The molecule has 0 spiro atoms. The zero-order valence-electron chi connectivity index (χ0n) is 10.4. The lowest BCUT2D eigenvalue weighted by atomic mass is 9.77. The number of rotatable bonds is 5. The topological polar surface area (TPSA) is 82.5 Å². The zero-order valence-corrected chi connectivity index (χ0v) is 10.4. The molecule has 1 aromatic rings. The van der Waals surface area contributed by atoms with E-state index in [1.807, 2.05) is 6.92 Å². The number of nitrogens with zero attached hydrogens (tertiary/aromatic N) is 1. The average molecular weight is 250 g/mol. The van der Waals surface area contributed by atoms with Gasteiger partial charge in [-0.2, -0.15) is 0 Å². The predicted molar refractivity (Wildman–Crippen MR) is 67.9 cm³/mol. The van der Waals surface area contributed by atoms with Gasteiger partial charge in [0.25, 0.3) is 0 Å². The Balaban J connectivity index is 2.26. The second-order valence-corrected chi connectivity index (χ2v) is 4.81. The Bertz CT molecular complexity index is 450. The number of aromatic nitrogens is 1. The van der Waals surface area contributed by atoms with Gasteiger partial charge in [-0.3, -0.25) is 0 Å². The standard InChI is InChI=1S/C13H18N2O3/c1-2-10-6-9(12(17)18)7-11(14-10)15-13(8-16)4-3-5-13/h6-7,16H,2-5,8H2,1H3,(H,14,15)(H,17,18). The molecule has 1 heterocycles.